The van der Waals surface area contributed by atoms with Crippen molar-refractivity contribution < 1.29 is 9.90 Å². The summed E-state index contributed by atoms with van der Waals surface area (Å²) in [5.41, 5.74) is 0. The lowest BCUT2D eigenvalue weighted by Gasteiger charge is -2.36. The van der Waals surface area contributed by atoms with Crippen LogP contribution >= 0.6 is 0 Å². The van der Waals surface area contributed by atoms with Gasteiger partial charge < -0.3 is 10.4 Å². The first kappa shape index (κ1) is 13.5. The maximum atomic E-state index is 9.00. The average molecular weight is 228 g/mol. The van der Waals surface area contributed by atoms with E-state index in [1.54, 1.807) is 0 Å². The van der Waals surface area contributed by atoms with Gasteiger partial charge in [-0.1, -0.05) is 19.3 Å². The number of hydrogen-bond acceptors (Lipinski definition) is 3. The summed E-state index contributed by atoms with van der Waals surface area (Å²) in [4.78, 5) is 11.7. The van der Waals surface area contributed by atoms with Crippen molar-refractivity contribution in [2.24, 2.45) is 0 Å². The van der Waals surface area contributed by atoms with Crippen LogP contribution in [0.2, 0.25) is 0 Å². The van der Waals surface area contributed by atoms with E-state index in [2.05, 4.69) is 10.2 Å². The largest absolute Gasteiger partial charge is 0.481 e. The Kier molecular flexibility index (Phi) is 6.42. The zero-order valence-electron chi connectivity index (χ0n) is 10.2. The van der Waals surface area contributed by atoms with E-state index in [1.165, 1.54) is 58.3 Å². The van der Waals surface area contributed by atoms with Crippen molar-refractivity contribution in [1.29, 1.82) is 0 Å². The lowest BCUT2D eigenvalue weighted by molar-refractivity contribution is -0.134. The van der Waals surface area contributed by atoms with Crippen molar-refractivity contribution in [3.05, 3.63) is 0 Å². The summed E-state index contributed by atoms with van der Waals surface area (Å²) in [6.07, 6.45) is 7.33. The minimum absolute atomic E-state index is 0.833. The van der Waals surface area contributed by atoms with Gasteiger partial charge in [-0.2, -0.15) is 0 Å². The number of carboxylic acid groups (broad SMARTS) is 1. The third kappa shape index (κ3) is 5.47. The van der Waals surface area contributed by atoms with Crippen LogP contribution in [0.25, 0.3) is 0 Å². The Morgan fingerprint density at radius 2 is 1.69 bits per heavy atom. The second-order valence-corrected chi connectivity index (χ2v) is 4.60. The van der Waals surface area contributed by atoms with Crippen molar-refractivity contribution in [2.45, 2.75) is 45.1 Å². The summed E-state index contributed by atoms with van der Waals surface area (Å²) in [5, 5.41) is 10.8. The van der Waals surface area contributed by atoms with E-state index >= 15 is 0 Å². The summed E-state index contributed by atoms with van der Waals surface area (Å²) in [7, 11) is 0. The first-order chi connectivity index (χ1) is 7.70. The molecule has 4 heteroatoms. The van der Waals surface area contributed by atoms with Crippen LogP contribution in [0.3, 0.4) is 0 Å². The van der Waals surface area contributed by atoms with Gasteiger partial charge in [0.05, 0.1) is 0 Å². The molecule has 1 aliphatic heterocycles. The second kappa shape index (κ2) is 7.63. The van der Waals surface area contributed by atoms with Gasteiger partial charge in [0.2, 0.25) is 0 Å². The molecule has 0 radical (unpaired) electrons. The molecule has 2 rings (SSSR count). The summed E-state index contributed by atoms with van der Waals surface area (Å²) < 4.78 is 0. The highest BCUT2D eigenvalue weighted by Crippen LogP contribution is 2.22. The summed E-state index contributed by atoms with van der Waals surface area (Å²) in [5.74, 6) is -0.833. The van der Waals surface area contributed by atoms with Crippen LogP contribution in [-0.4, -0.2) is 48.2 Å². The number of piperazine rings is 1. The fourth-order valence-corrected chi connectivity index (χ4v) is 2.49. The first-order valence-electron chi connectivity index (χ1n) is 6.34. The molecule has 1 aliphatic carbocycles. The molecule has 1 heterocycles. The fraction of sp³-hybridized carbons (Fsp3) is 0.917. The van der Waals surface area contributed by atoms with Crippen molar-refractivity contribution in [1.82, 2.24) is 10.2 Å². The molecule has 2 fully saturated rings. The predicted molar refractivity (Wildman–Crippen MR) is 64.6 cm³/mol. The topological polar surface area (TPSA) is 52.6 Å². The lowest BCUT2D eigenvalue weighted by Crippen LogP contribution is -2.48. The van der Waals surface area contributed by atoms with E-state index in [0.717, 1.165) is 13.0 Å². The van der Waals surface area contributed by atoms with Crippen molar-refractivity contribution >= 4 is 5.97 Å². The number of nitrogens with one attached hydrogen (secondary N) is 1. The molecule has 1 saturated carbocycles. The Bertz CT molecular complexity index is 177. The molecule has 0 amide bonds. The molecule has 2 N–H and O–H groups in total. The molecule has 4 nitrogen and oxygen atoms in total. The Labute approximate surface area is 98.0 Å². The number of carbonyl (C=O) groups is 1. The van der Waals surface area contributed by atoms with Crippen molar-refractivity contribution in [2.75, 3.05) is 26.2 Å². The molecule has 0 aromatic rings. The molecule has 0 atom stereocenters. The average Bonchev–Trinajstić information content (AvgIpc) is 2.31. The van der Waals surface area contributed by atoms with Crippen LogP contribution in [0.5, 0.6) is 0 Å². The van der Waals surface area contributed by atoms with Crippen LogP contribution in [-0.2, 0) is 4.79 Å². The van der Waals surface area contributed by atoms with E-state index in [9.17, 15) is 0 Å². The summed E-state index contributed by atoms with van der Waals surface area (Å²) in [6.45, 7) is 6.06. The Morgan fingerprint density at radius 3 is 2.19 bits per heavy atom. The van der Waals surface area contributed by atoms with Crippen LogP contribution in [0.15, 0.2) is 0 Å². The van der Waals surface area contributed by atoms with Crippen LogP contribution in [0.4, 0.5) is 0 Å². The van der Waals surface area contributed by atoms with Crippen LogP contribution < -0.4 is 5.32 Å². The van der Waals surface area contributed by atoms with Gasteiger partial charge >= 0.3 is 0 Å². The maximum Gasteiger partial charge on any atom is 0.300 e. The molecule has 16 heavy (non-hydrogen) atoms. The number of carboxylic acids is 1. The SMILES string of the molecule is C1CCC(N2CCNCC2)CC1.CC(=O)O. The van der Waals surface area contributed by atoms with Gasteiger partial charge in [-0.25, -0.2) is 0 Å². The maximum absolute atomic E-state index is 9.00. The molecule has 0 aromatic carbocycles. The predicted octanol–water partition coefficient (Wildman–Crippen LogP) is 1.32. The van der Waals surface area contributed by atoms with Gasteiger partial charge in [-0.3, -0.25) is 9.69 Å². The van der Waals surface area contributed by atoms with E-state index in [1.807, 2.05) is 0 Å². The standard InChI is InChI=1S/C10H20N2.C2H4O2/c1-2-4-10(5-3-1)12-8-6-11-7-9-12;1-2(3)4/h10-11H,1-9H2;1H3,(H,3,4). The molecule has 0 bridgehead atoms. The molecule has 0 aromatic heterocycles. The monoisotopic (exact) mass is 228 g/mol. The van der Waals surface area contributed by atoms with E-state index in [4.69, 9.17) is 9.90 Å². The second-order valence-electron chi connectivity index (χ2n) is 4.60. The Hall–Kier alpha value is -0.610. The highest BCUT2D eigenvalue weighted by molar-refractivity contribution is 5.62. The van der Waals surface area contributed by atoms with Gasteiger partial charge in [-0.05, 0) is 12.8 Å². The van der Waals surface area contributed by atoms with E-state index in [0.29, 0.717) is 0 Å². The summed E-state index contributed by atoms with van der Waals surface area (Å²) in [6, 6.07) is 0.931. The van der Waals surface area contributed by atoms with Crippen LogP contribution in [0.1, 0.15) is 39.0 Å². The van der Waals surface area contributed by atoms with Gasteiger partial charge in [0, 0.05) is 39.1 Å². The highest BCUT2D eigenvalue weighted by Gasteiger charge is 2.21. The number of hydrogen-bond donors (Lipinski definition) is 2. The Morgan fingerprint density at radius 1 is 1.19 bits per heavy atom. The fourth-order valence-electron chi connectivity index (χ4n) is 2.49. The normalized spacial score (nSPS) is 23.3. The highest BCUT2D eigenvalue weighted by atomic mass is 16.4. The zero-order valence-corrected chi connectivity index (χ0v) is 10.2. The smallest absolute Gasteiger partial charge is 0.300 e. The molecule has 2 aliphatic rings. The van der Waals surface area contributed by atoms with Gasteiger partial charge in [0.15, 0.2) is 0 Å². The van der Waals surface area contributed by atoms with Gasteiger partial charge in [0.1, 0.15) is 0 Å². The zero-order chi connectivity index (χ0) is 11.8. The van der Waals surface area contributed by atoms with E-state index in [-0.39, 0.29) is 0 Å². The third-order valence-electron chi connectivity index (χ3n) is 3.24. The molecular formula is C12H24N2O2. The van der Waals surface area contributed by atoms with Crippen LogP contribution in [0, 0.1) is 0 Å². The van der Waals surface area contributed by atoms with Gasteiger partial charge in [0.25, 0.3) is 5.97 Å². The minimum atomic E-state index is -0.833. The minimum Gasteiger partial charge on any atom is -0.481 e. The Balaban J connectivity index is 0.000000280. The molecule has 1 saturated heterocycles. The van der Waals surface area contributed by atoms with E-state index < -0.39 is 5.97 Å². The van der Waals surface area contributed by atoms with Crippen molar-refractivity contribution in [3.8, 4) is 0 Å². The number of rotatable bonds is 1. The first-order valence-corrected chi connectivity index (χ1v) is 6.34. The lowest BCUT2D eigenvalue weighted by atomic mass is 9.94. The molecular weight excluding hydrogens is 204 g/mol. The number of nitrogens with zero attached hydrogens (tertiary/aromatic N) is 1. The molecule has 94 valence electrons. The number of aliphatic carboxylic acids is 1. The third-order valence-corrected chi connectivity index (χ3v) is 3.24. The summed E-state index contributed by atoms with van der Waals surface area (Å²) >= 11 is 0. The van der Waals surface area contributed by atoms with Gasteiger partial charge in [-0.15, -0.1) is 0 Å². The quantitative estimate of drug-likeness (QED) is 0.710. The molecule has 0 unspecified atom stereocenters. The van der Waals surface area contributed by atoms with Crippen molar-refractivity contribution in [3.63, 3.8) is 0 Å². The molecule has 0 spiro atoms.